The van der Waals surface area contributed by atoms with Crippen molar-refractivity contribution in [1.29, 1.82) is 0 Å². The Kier molecular flexibility index (Phi) is 6.33. The van der Waals surface area contributed by atoms with E-state index in [4.69, 9.17) is 0 Å². The summed E-state index contributed by atoms with van der Waals surface area (Å²) < 4.78 is 1.60. The monoisotopic (exact) mass is 340 g/mol. The molecule has 1 saturated carbocycles. The predicted molar refractivity (Wildman–Crippen MR) is 92.6 cm³/mol. The van der Waals surface area contributed by atoms with Crippen LogP contribution in [0.5, 0.6) is 0 Å². The third-order valence-corrected chi connectivity index (χ3v) is 5.95. The number of carbonyl (C=O) groups is 1. The Balaban J connectivity index is 1.96. The van der Waals surface area contributed by atoms with E-state index < -0.39 is 0 Å². The summed E-state index contributed by atoms with van der Waals surface area (Å²) in [6, 6.07) is 0.256. The number of aromatic nitrogens is 3. The van der Waals surface area contributed by atoms with Crippen molar-refractivity contribution in [2.75, 3.05) is 0 Å². The van der Waals surface area contributed by atoms with Gasteiger partial charge in [0.2, 0.25) is 5.91 Å². The van der Waals surface area contributed by atoms with Crippen LogP contribution < -0.4 is 11.0 Å². The highest BCUT2D eigenvalue weighted by Crippen LogP contribution is 2.30. The summed E-state index contributed by atoms with van der Waals surface area (Å²) in [7, 11) is 0. The minimum Gasteiger partial charge on any atom is -0.352 e. The topological polar surface area (TPSA) is 79.8 Å². The van der Waals surface area contributed by atoms with Crippen LogP contribution in [0.3, 0.4) is 0 Å². The van der Waals surface area contributed by atoms with Gasteiger partial charge in [-0.3, -0.25) is 9.36 Å². The molecule has 0 bridgehead atoms. The van der Waals surface area contributed by atoms with Crippen molar-refractivity contribution in [3.05, 3.63) is 10.5 Å². The van der Waals surface area contributed by atoms with Crippen molar-refractivity contribution >= 4 is 17.7 Å². The highest BCUT2D eigenvalue weighted by atomic mass is 32.2. The molecule has 6 nitrogen and oxygen atoms in total. The fourth-order valence-electron chi connectivity index (χ4n) is 3.11. The molecule has 23 heavy (non-hydrogen) atoms. The Bertz CT molecular complexity index is 583. The molecule has 4 atom stereocenters. The van der Waals surface area contributed by atoms with E-state index in [2.05, 4.69) is 29.4 Å². The molecule has 1 aliphatic rings. The second kappa shape index (κ2) is 8.04. The van der Waals surface area contributed by atoms with Crippen LogP contribution in [0.2, 0.25) is 0 Å². The van der Waals surface area contributed by atoms with E-state index in [-0.39, 0.29) is 22.9 Å². The van der Waals surface area contributed by atoms with Crippen LogP contribution in [0.15, 0.2) is 9.95 Å². The molecule has 0 unspecified atom stereocenters. The van der Waals surface area contributed by atoms with Gasteiger partial charge in [0.1, 0.15) is 0 Å². The van der Waals surface area contributed by atoms with Gasteiger partial charge in [-0.1, -0.05) is 45.4 Å². The summed E-state index contributed by atoms with van der Waals surface area (Å²) in [6.07, 6.45) is 4.32. The quantitative estimate of drug-likeness (QED) is 0.779. The van der Waals surface area contributed by atoms with Gasteiger partial charge in [0, 0.05) is 12.6 Å². The Labute approximate surface area is 141 Å². The Hall–Kier alpha value is -1.24. The number of hydrogen-bond acceptors (Lipinski definition) is 4. The van der Waals surface area contributed by atoms with Crippen molar-refractivity contribution in [1.82, 2.24) is 20.1 Å². The molecule has 130 valence electrons. The summed E-state index contributed by atoms with van der Waals surface area (Å²) >= 11 is 1.34. The predicted octanol–water partition coefficient (Wildman–Crippen LogP) is 2.40. The normalized spacial score (nSPS) is 26.0. The molecule has 0 spiro atoms. The van der Waals surface area contributed by atoms with Gasteiger partial charge >= 0.3 is 5.69 Å². The molecular weight excluding hydrogens is 312 g/mol. The number of rotatable bonds is 6. The van der Waals surface area contributed by atoms with Gasteiger partial charge in [0.05, 0.1) is 5.25 Å². The van der Waals surface area contributed by atoms with Crippen molar-refractivity contribution < 1.29 is 4.79 Å². The lowest BCUT2D eigenvalue weighted by Crippen LogP contribution is -2.46. The minimum absolute atomic E-state index is 0.0273. The van der Waals surface area contributed by atoms with Crippen LogP contribution in [0.1, 0.15) is 53.4 Å². The third-order valence-electron chi connectivity index (χ3n) is 4.86. The molecule has 1 aliphatic carbocycles. The van der Waals surface area contributed by atoms with Crippen LogP contribution in [-0.4, -0.2) is 32.0 Å². The third kappa shape index (κ3) is 4.40. The molecule has 2 rings (SSSR count). The number of hydrogen-bond donors (Lipinski definition) is 2. The summed E-state index contributed by atoms with van der Waals surface area (Å²) in [4.78, 5) is 24.2. The number of nitrogens with zero attached hydrogens (tertiary/aromatic N) is 2. The summed E-state index contributed by atoms with van der Waals surface area (Å²) in [6.45, 7) is 8.97. The van der Waals surface area contributed by atoms with Crippen LogP contribution in [0, 0.1) is 11.8 Å². The lowest BCUT2D eigenvalue weighted by atomic mass is 9.78. The molecule has 1 fully saturated rings. The first-order valence-electron chi connectivity index (χ1n) is 8.56. The summed E-state index contributed by atoms with van der Waals surface area (Å²) in [5, 5.41) is 10.0. The first kappa shape index (κ1) is 18.1. The van der Waals surface area contributed by atoms with Crippen LogP contribution in [0.25, 0.3) is 0 Å². The zero-order valence-electron chi connectivity index (χ0n) is 14.5. The van der Waals surface area contributed by atoms with Crippen LogP contribution in [-0.2, 0) is 11.3 Å². The van der Waals surface area contributed by atoms with E-state index in [1.165, 1.54) is 24.6 Å². The number of aromatic amines is 1. The summed E-state index contributed by atoms with van der Waals surface area (Å²) in [5.41, 5.74) is -0.211. The average molecular weight is 340 g/mol. The van der Waals surface area contributed by atoms with E-state index in [1.54, 1.807) is 4.57 Å². The van der Waals surface area contributed by atoms with Gasteiger partial charge in [0.15, 0.2) is 5.16 Å². The highest BCUT2D eigenvalue weighted by molar-refractivity contribution is 8.00. The van der Waals surface area contributed by atoms with Gasteiger partial charge in [0.25, 0.3) is 0 Å². The van der Waals surface area contributed by atoms with Gasteiger partial charge in [-0.15, -0.1) is 5.10 Å². The zero-order chi connectivity index (χ0) is 17.0. The maximum Gasteiger partial charge on any atom is 0.343 e. The molecule has 0 aromatic carbocycles. The molecule has 0 aliphatic heterocycles. The molecule has 1 amide bonds. The Morgan fingerprint density at radius 1 is 1.48 bits per heavy atom. The van der Waals surface area contributed by atoms with Gasteiger partial charge in [-0.25, -0.2) is 9.89 Å². The molecule has 1 aromatic heterocycles. The van der Waals surface area contributed by atoms with Gasteiger partial charge in [-0.05, 0) is 31.6 Å². The maximum absolute atomic E-state index is 12.5. The number of thioether (sulfide) groups is 1. The molecule has 0 saturated heterocycles. The van der Waals surface area contributed by atoms with Crippen molar-refractivity contribution in [2.45, 2.75) is 76.4 Å². The number of carbonyl (C=O) groups excluding carboxylic acids is 1. The first-order valence-corrected chi connectivity index (χ1v) is 9.44. The molecule has 7 heteroatoms. The standard InChI is InChI=1S/C16H28N4O2S/c1-5-9-20-15(22)18-19-16(20)23-12(4)14(21)17-13-8-6-7-10(2)11(13)3/h10-13H,5-9H2,1-4H3,(H,17,21)(H,18,22)/t10-,11+,12-,13-/m1/s1. The lowest BCUT2D eigenvalue weighted by Gasteiger charge is -2.35. The van der Waals surface area contributed by atoms with E-state index in [0.29, 0.717) is 23.5 Å². The molecular formula is C16H28N4O2S. The largest absolute Gasteiger partial charge is 0.352 e. The molecule has 1 aromatic rings. The maximum atomic E-state index is 12.5. The fraction of sp³-hybridized carbons (Fsp3) is 0.812. The van der Waals surface area contributed by atoms with Gasteiger partial charge < -0.3 is 5.32 Å². The van der Waals surface area contributed by atoms with Crippen LogP contribution in [0.4, 0.5) is 0 Å². The van der Waals surface area contributed by atoms with E-state index >= 15 is 0 Å². The van der Waals surface area contributed by atoms with Crippen LogP contribution >= 0.6 is 11.8 Å². The summed E-state index contributed by atoms with van der Waals surface area (Å²) in [5.74, 6) is 1.19. The minimum atomic E-state index is -0.273. The smallest absolute Gasteiger partial charge is 0.343 e. The van der Waals surface area contributed by atoms with Gasteiger partial charge in [-0.2, -0.15) is 0 Å². The number of nitrogens with one attached hydrogen (secondary N) is 2. The zero-order valence-corrected chi connectivity index (χ0v) is 15.3. The van der Waals surface area contributed by atoms with Crippen molar-refractivity contribution in [3.8, 4) is 0 Å². The number of amides is 1. The second-order valence-electron chi connectivity index (χ2n) is 6.61. The highest BCUT2D eigenvalue weighted by Gasteiger charge is 2.29. The molecule has 1 heterocycles. The van der Waals surface area contributed by atoms with E-state index in [9.17, 15) is 9.59 Å². The van der Waals surface area contributed by atoms with Crippen molar-refractivity contribution in [3.63, 3.8) is 0 Å². The average Bonchev–Trinajstić information content (AvgIpc) is 2.85. The SMILES string of the molecule is CCCn1c(S[C@H](C)C(=O)N[C@@H]2CCC[C@@H](C)[C@@H]2C)n[nH]c1=O. The molecule has 2 N–H and O–H groups in total. The van der Waals surface area contributed by atoms with E-state index in [1.807, 2.05) is 13.8 Å². The Morgan fingerprint density at radius 2 is 2.22 bits per heavy atom. The lowest BCUT2D eigenvalue weighted by molar-refractivity contribution is -0.121. The van der Waals surface area contributed by atoms with Crippen molar-refractivity contribution in [2.24, 2.45) is 11.8 Å². The van der Waals surface area contributed by atoms with E-state index in [0.717, 1.165) is 12.8 Å². The Morgan fingerprint density at radius 3 is 2.91 bits per heavy atom. The molecule has 0 radical (unpaired) electrons. The second-order valence-corrected chi connectivity index (χ2v) is 7.91. The first-order chi connectivity index (χ1) is 10.9. The fourth-order valence-corrected chi connectivity index (χ4v) is 4.00. The number of H-pyrrole nitrogens is 1.